The maximum Gasteiger partial charge on any atom is 0.253 e. The number of para-hydroxylation sites is 1. The van der Waals surface area contributed by atoms with Crippen LogP contribution in [0.5, 0.6) is 0 Å². The number of hydrogen-bond donors (Lipinski definition) is 2. The fourth-order valence-electron chi connectivity index (χ4n) is 2.63. The van der Waals surface area contributed by atoms with E-state index in [0.29, 0.717) is 28.6 Å². The van der Waals surface area contributed by atoms with Gasteiger partial charge in [-0.15, -0.1) is 11.8 Å². The van der Waals surface area contributed by atoms with Crippen LogP contribution in [-0.2, 0) is 17.1 Å². The monoisotopic (exact) mass is 425 g/mol. The second-order valence-corrected chi connectivity index (χ2v) is 7.61. The number of pyridine rings is 1. The summed E-state index contributed by atoms with van der Waals surface area (Å²) in [5.41, 5.74) is 2.79. The van der Waals surface area contributed by atoms with Crippen molar-refractivity contribution in [1.82, 2.24) is 10.3 Å². The van der Waals surface area contributed by atoms with Crippen LogP contribution in [0.4, 0.5) is 5.69 Å². The summed E-state index contributed by atoms with van der Waals surface area (Å²) in [6.45, 7) is 0.364. The number of rotatable bonds is 8. The SMILES string of the molecule is O=C(CSCc1ccccc1Cl)Nc1ccccc1C(=O)NCc1cccnc1. The molecule has 148 valence electrons. The van der Waals surface area contributed by atoms with Gasteiger partial charge in [-0.05, 0) is 35.4 Å². The van der Waals surface area contributed by atoms with E-state index in [2.05, 4.69) is 15.6 Å². The van der Waals surface area contributed by atoms with Crippen LogP contribution in [0.1, 0.15) is 21.5 Å². The molecule has 1 heterocycles. The molecule has 0 atom stereocenters. The normalized spacial score (nSPS) is 10.4. The fraction of sp³-hybridized carbons (Fsp3) is 0.136. The first-order valence-corrected chi connectivity index (χ1v) is 10.5. The van der Waals surface area contributed by atoms with Crippen molar-refractivity contribution in [3.63, 3.8) is 0 Å². The lowest BCUT2D eigenvalue weighted by Crippen LogP contribution is -2.25. The molecule has 0 saturated carbocycles. The minimum absolute atomic E-state index is 0.172. The molecule has 3 aromatic rings. The summed E-state index contributed by atoms with van der Waals surface area (Å²) in [7, 11) is 0. The highest BCUT2D eigenvalue weighted by Gasteiger charge is 2.13. The third kappa shape index (κ3) is 6.34. The molecule has 0 radical (unpaired) electrons. The number of hydrogen-bond acceptors (Lipinski definition) is 4. The molecule has 0 bridgehead atoms. The molecular formula is C22H20ClN3O2S. The van der Waals surface area contributed by atoms with Crippen LogP contribution in [-0.4, -0.2) is 22.6 Å². The van der Waals surface area contributed by atoms with Gasteiger partial charge in [0.2, 0.25) is 5.91 Å². The van der Waals surface area contributed by atoms with Gasteiger partial charge in [0, 0.05) is 29.7 Å². The highest BCUT2D eigenvalue weighted by atomic mass is 35.5. The quantitative estimate of drug-likeness (QED) is 0.556. The Labute approximate surface area is 178 Å². The molecule has 0 fully saturated rings. The Hall–Kier alpha value is -2.83. The Balaban J connectivity index is 1.54. The minimum atomic E-state index is -0.256. The Kier molecular flexibility index (Phi) is 7.67. The molecule has 0 saturated heterocycles. The number of nitrogens with one attached hydrogen (secondary N) is 2. The lowest BCUT2D eigenvalue weighted by Gasteiger charge is -2.11. The molecule has 1 aromatic heterocycles. The van der Waals surface area contributed by atoms with Gasteiger partial charge in [-0.25, -0.2) is 0 Å². The summed E-state index contributed by atoms with van der Waals surface area (Å²) in [6, 6.07) is 18.2. The van der Waals surface area contributed by atoms with Gasteiger partial charge in [-0.2, -0.15) is 0 Å². The number of carbonyl (C=O) groups is 2. The van der Waals surface area contributed by atoms with Crippen molar-refractivity contribution >= 4 is 40.9 Å². The summed E-state index contributed by atoms with van der Waals surface area (Å²) in [5, 5.41) is 6.37. The number of aromatic nitrogens is 1. The van der Waals surface area contributed by atoms with Gasteiger partial charge in [0.1, 0.15) is 0 Å². The zero-order valence-electron chi connectivity index (χ0n) is 15.6. The molecule has 0 aliphatic rings. The van der Waals surface area contributed by atoms with Gasteiger partial charge in [0.05, 0.1) is 17.0 Å². The van der Waals surface area contributed by atoms with Crippen molar-refractivity contribution in [3.8, 4) is 0 Å². The Bertz CT molecular complexity index is 983. The maximum absolute atomic E-state index is 12.6. The van der Waals surface area contributed by atoms with Crippen molar-refractivity contribution in [2.75, 3.05) is 11.1 Å². The lowest BCUT2D eigenvalue weighted by atomic mass is 10.1. The number of halogens is 1. The highest BCUT2D eigenvalue weighted by molar-refractivity contribution is 7.99. The van der Waals surface area contributed by atoms with E-state index in [9.17, 15) is 9.59 Å². The number of anilines is 1. The van der Waals surface area contributed by atoms with Crippen molar-refractivity contribution in [2.24, 2.45) is 0 Å². The van der Waals surface area contributed by atoms with E-state index < -0.39 is 0 Å². The van der Waals surface area contributed by atoms with Crippen molar-refractivity contribution < 1.29 is 9.59 Å². The molecule has 0 unspecified atom stereocenters. The largest absolute Gasteiger partial charge is 0.348 e. The molecule has 0 spiro atoms. The van der Waals surface area contributed by atoms with E-state index in [0.717, 1.165) is 11.1 Å². The van der Waals surface area contributed by atoms with Crippen molar-refractivity contribution in [1.29, 1.82) is 0 Å². The molecule has 5 nitrogen and oxygen atoms in total. The molecule has 29 heavy (non-hydrogen) atoms. The summed E-state index contributed by atoms with van der Waals surface area (Å²) in [4.78, 5) is 28.9. The van der Waals surface area contributed by atoms with E-state index in [1.54, 1.807) is 36.7 Å². The van der Waals surface area contributed by atoms with E-state index in [1.807, 2.05) is 36.4 Å². The van der Waals surface area contributed by atoms with Crippen LogP contribution in [0, 0.1) is 0 Å². The molecule has 7 heteroatoms. The predicted octanol–water partition coefficient (Wildman–Crippen LogP) is 4.54. The average molecular weight is 426 g/mol. The number of thioether (sulfide) groups is 1. The first kappa shape index (κ1) is 20.9. The second-order valence-electron chi connectivity index (χ2n) is 6.22. The molecule has 3 rings (SSSR count). The minimum Gasteiger partial charge on any atom is -0.348 e. The zero-order chi connectivity index (χ0) is 20.5. The van der Waals surface area contributed by atoms with E-state index in [4.69, 9.17) is 11.6 Å². The Morgan fingerprint density at radius 1 is 1.00 bits per heavy atom. The predicted molar refractivity (Wildman–Crippen MR) is 118 cm³/mol. The van der Waals surface area contributed by atoms with Crippen LogP contribution < -0.4 is 10.6 Å². The van der Waals surface area contributed by atoms with Crippen molar-refractivity contribution in [2.45, 2.75) is 12.3 Å². The lowest BCUT2D eigenvalue weighted by molar-refractivity contribution is -0.113. The van der Waals surface area contributed by atoms with Gasteiger partial charge in [-0.1, -0.05) is 48.0 Å². The number of carbonyl (C=O) groups excluding carboxylic acids is 2. The van der Waals surface area contributed by atoms with Crippen LogP contribution >= 0.6 is 23.4 Å². The molecule has 0 aliphatic carbocycles. The van der Waals surface area contributed by atoms with Crippen LogP contribution in [0.3, 0.4) is 0 Å². The molecular weight excluding hydrogens is 406 g/mol. The average Bonchev–Trinajstić information content (AvgIpc) is 2.74. The van der Waals surface area contributed by atoms with Crippen LogP contribution in [0.2, 0.25) is 5.02 Å². The summed E-state index contributed by atoms with van der Waals surface area (Å²) >= 11 is 7.60. The zero-order valence-corrected chi connectivity index (χ0v) is 17.2. The maximum atomic E-state index is 12.6. The molecule has 2 aromatic carbocycles. The van der Waals surface area contributed by atoms with Crippen LogP contribution in [0.25, 0.3) is 0 Å². The van der Waals surface area contributed by atoms with Gasteiger partial charge in [0.15, 0.2) is 0 Å². The van der Waals surface area contributed by atoms with Gasteiger partial charge in [0.25, 0.3) is 5.91 Å². The third-order valence-corrected chi connectivity index (χ3v) is 5.42. The van der Waals surface area contributed by atoms with E-state index >= 15 is 0 Å². The van der Waals surface area contributed by atoms with E-state index in [1.165, 1.54) is 11.8 Å². The second kappa shape index (κ2) is 10.6. The van der Waals surface area contributed by atoms with Crippen LogP contribution in [0.15, 0.2) is 73.1 Å². The van der Waals surface area contributed by atoms with E-state index in [-0.39, 0.29) is 17.6 Å². The smallest absolute Gasteiger partial charge is 0.253 e. The summed E-state index contributed by atoms with van der Waals surface area (Å²) in [5.74, 6) is 0.472. The number of benzene rings is 2. The first-order valence-electron chi connectivity index (χ1n) is 9.00. The molecule has 2 N–H and O–H groups in total. The number of amides is 2. The number of nitrogens with zero attached hydrogens (tertiary/aromatic N) is 1. The Morgan fingerprint density at radius 3 is 2.59 bits per heavy atom. The van der Waals surface area contributed by atoms with Crippen molar-refractivity contribution in [3.05, 3.63) is 94.8 Å². The topological polar surface area (TPSA) is 71.1 Å². The summed E-state index contributed by atoms with van der Waals surface area (Å²) in [6.07, 6.45) is 3.38. The highest BCUT2D eigenvalue weighted by Crippen LogP contribution is 2.21. The van der Waals surface area contributed by atoms with Gasteiger partial charge < -0.3 is 10.6 Å². The molecule has 0 aliphatic heterocycles. The third-order valence-electron chi connectivity index (χ3n) is 4.07. The molecule has 2 amide bonds. The first-order chi connectivity index (χ1) is 14.1. The van der Waals surface area contributed by atoms with Gasteiger partial charge in [-0.3, -0.25) is 14.6 Å². The Morgan fingerprint density at radius 2 is 1.79 bits per heavy atom. The standard InChI is InChI=1S/C22H20ClN3O2S/c23-19-9-3-1-7-17(19)14-29-15-21(27)26-20-10-4-2-8-18(20)22(28)25-13-16-6-5-11-24-12-16/h1-12H,13-15H2,(H,25,28)(H,26,27). The summed E-state index contributed by atoms with van der Waals surface area (Å²) < 4.78 is 0. The fourth-order valence-corrected chi connectivity index (χ4v) is 3.74. The van der Waals surface area contributed by atoms with Gasteiger partial charge >= 0.3 is 0 Å².